The summed E-state index contributed by atoms with van der Waals surface area (Å²) in [6, 6.07) is 8.49. The molecule has 7 nitrogen and oxygen atoms in total. The quantitative estimate of drug-likeness (QED) is 0.298. The van der Waals surface area contributed by atoms with Crippen molar-refractivity contribution >= 4 is 11.6 Å². The van der Waals surface area contributed by atoms with E-state index in [0.717, 1.165) is 58.3 Å². The molecular formula is C22H38N4O3. The van der Waals surface area contributed by atoms with E-state index in [1.54, 1.807) is 0 Å². The maximum absolute atomic E-state index is 5.61. The normalized spacial score (nSPS) is 14.8. The topological polar surface area (TPSA) is 67.4 Å². The van der Waals surface area contributed by atoms with E-state index in [2.05, 4.69) is 53.6 Å². The second-order valence-corrected chi connectivity index (χ2v) is 6.93. The largest absolute Gasteiger partial charge is 0.379 e. The first-order valence-electron chi connectivity index (χ1n) is 10.9. The van der Waals surface area contributed by atoms with Gasteiger partial charge in [-0.1, -0.05) is 31.5 Å². The second kappa shape index (κ2) is 15.1. The molecule has 1 aliphatic rings. The number of anilines is 1. The third-order valence-corrected chi connectivity index (χ3v) is 4.65. The molecule has 1 aromatic carbocycles. The van der Waals surface area contributed by atoms with Crippen LogP contribution in [0.3, 0.4) is 0 Å². The summed E-state index contributed by atoms with van der Waals surface area (Å²) in [5.74, 6) is 0.812. The standard InChI is InChI=1S/C22H38N4O3/c1-3-5-13-27-17-18-28-14-10-24-22(23-4-2)25-19-20-8-6-7-9-21(20)26-11-15-29-16-12-26/h6-9H,3-5,10-19H2,1-2H3,(H2,23,24,25). The van der Waals surface area contributed by atoms with Crippen molar-refractivity contribution in [2.45, 2.75) is 33.2 Å². The highest BCUT2D eigenvalue weighted by molar-refractivity contribution is 5.79. The van der Waals surface area contributed by atoms with E-state index in [4.69, 9.17) is 19.2 Å². The van der Waals surface area contributed by atoms with Crippen LogP contribution in [0.25, 0.3) is 0 Å². The molecule has 0 atom stereocenters. The molecule has 0 spiro atoms. The molecule has 1 heterocycles. The maximum Gasteiger partial charge on any atom is 0.191 e. The number of unbranched alkanes of at least 4 members (excludes halogenated alkanes) is 1. The Balaban J connectivity index is 1.76. The summed E-state index contributed by atoms with van der Waals surface area (Å²) in [5.41, 5.74) is 2.48. The van der Waals surface area contributed by atoms with Gasteiger partial charge in [-0.25, -0.2) is 4.99 Å². The second-order valence-electron chi connectivity index (χ2n) is 6.93. The lowest BCUT2D eigenvalue weighted by Crippen LogP contribution is -2.39. The van der Waals surface area contributed by atoms with E-state index < -0.39 is 0 Å². The van der Waals surface area contributed by atoms with Crippen LogP contribution in [0.15, 0.2) is 29.3 Å². The Hall–Kier alpha value is -1.83. The monoisotopic (exact) mass is 406 g/mol. The molecule has 0 radical (unpaired) electrons. The first kappa shape index (κ1) is 23.4. The van der Waals surface area contributed by atoms with E-state index in [9.17, 15) is 0 Å². The Morgan fingerprint density at radius 1 is 1.03 bits per heavy atom. The van der Waals surface area contributed by atoms with Crippen LogP contribution in [-0.2, 0) is 20.8 Å². The highest BCUT2D eigenvalue weighted by Crippen LogP contribution is 2.22. The summed E-state index contributed by atoms with van der Waals surface area (Å²) in [5, 5.41) is 6.64. The lowest BCUT2D eigenvalue weighted by Gasteiger charge is -2.30. The number of hydrogen-bond acceptors (Lipinski definition) is 5. The van der Waals surface area contributed by atoms with Gasteiger partial charge in [0.25, 0.3) is 0 Å². The van der Waals surface area contributed by atoms with Gasteiger partial charge in [-0.2, -0.15) is 0 Å². The highest BCUT2D eigenvalue weighted by atomic mass is 16.5. The Bertz CT molecular complexity index is 577. The molecule has 1 aliphatic heterocycles. The van der Waals surface area contributed by atoms with Crippen molar-refractivity contribution in [1.29, 1.82) is 0 Å². The smallest absolute Gasteiger partial charge is 0.191 e. The summed E-state index contributed by atoms with van der Waals surface area (Å²) < 4.78 is 16.6. The number of aliphatic imine (C=N–C) groups is 1. The van der Waals surface area contributed by atoms with Crippen LogP contribution in [0, 0.1) is 0 Å². The molecule has 0 amide bonds. The maximum atomic E-state index is 5.61. The number of ether oxygens (including phenoxy) is 3. The molecule has 0 aliphatic carbocycles. The Kier molecular flexibility index (Phi) is 12.2. The summed E-state index contributed by atoms with van der Waals surface area (Å²) >= 11 is 0. The molecule has 1 saturated heterocycles. The molecular weight excluding hydrogens is 368 g/mol. The van der Waals surface area contributed by atoms with Crippen molar-refractivity contribution in [3.63, 3.8) is 0 Å². The summed E-state index contributed by atoms with van der Waals surface area (Å²) in [6.45, 7) is 12.6. The lowest BCUT2D eigenvalue weighted by atomic mass is 10.1. The van der Waals surface area contributed by atoms with Crippen LogP contribution in [0.4, 0.5) is 5.69 Å². The van der Waals surface area contributed by atoms with Gasteiger partial charge in [0, 0.05) is 38.5 Å². The Morgan fingerprint density at radius 2 is 1.79 bits per heavy atom. The molecule has 2 rings (SSSR count). The number of hydrogen-bond donors (Lipinski definition) is 2. The number of morpholine rings is 1. The van der Waals surface area contributed by atoms with E-state index in [1.807, 2.05) is 0 Å². The minimum Gasteiger partial charge on any atom is -0.379 e. The third-order valence-electron chi connectivity index (χ3n) is 4.65. The van der Waals surface area contributed by atoms with Gasteiger partial charge in [-0.3, -0.25) is 0 Å². The molecule has 0 aromatic heterocycles. The minimum atomic E-state index is 0.631. The van der Waals surface area contributed by atoms with Crippen molar-refractivity contribution < 1.29 is 14.2 Å². The third kappa shape index (κ3) is 9.47. The van der Waals surface area contributed by atoms with Gasteiger partial charge in [-0.15, -0.1) is 0 Å². The zero-order valence-electron chi connectivity index (χ0n) is 18.1. The number of nitrogens with zero attached hydrogens (tertiary/aromatic N) is 2. The van der Waals surface area contributed by atoms with Gasteiger partial charge in [-0.05, 0) is 25.0 Å². The number of benzene rings is 1. The van der Waals surface area contributed by atoms with Crippen molar-refractivity contribution in [3.8, 4) is 0 Å². The van der Waals surface area contributed by atoms with Gasteiger partial charge in [0.05, 0.1) is 39.6 Å². The van der Waals surface area contributed by atoms with Gasteiger partial charge in [0.15, 0.2) is 5.96 Å². The molecule has 0 unspecified atom stereocenters. The zero-order valence-corrected chi connectivity index (χ0v) is 18.1. The van der Waals surface area contributed by atoms with Gasteiger partial charge in [0.2, 0.25) is 0 Å². The van der Waals surface area contributed by atoms with Crippen molar-refractivity contribution in [1.82, 2.24) is 10.6 Å². The van der Waals surface area contributed by atoms with Crippen LogP contribution in [-0.4, -0.2) is 71.8 Å². The van der Waals surface area contributed by atoms with Gasteiger partial charge in [0.1, 0.15) is 0 Å². The van der Waals surface area contributed by atoms with Crippen LogP contribution < -0.4 is 15.5 Å². The van der Waals surface area contributed by atoms with Crippen molar-refractivity contribution in [2.24, 2.45) is 4.99 Å². The summed E-state index contributed by atoms with van der Waals surface area (Å²) in [6.07, 6.45) is 2.27. The SMILES string of the molecule is CCCCOCCOCCNC(=NCc1ccccc1N1CCOCC1)NCC. The van der Waals surface area contributed by atoms with Crippen LogP contribution >= 0.6 is 0 Å². The first-order valence-corrected chi connectivity index (χ1v) is 10.9. The van der Waals surface area contributed by atoms with E-state index in [0.29, 0.717) is 32.9 Å². The fraction of sp³-hybridized carbons (Fsp3) is 0.682. The number of rotatable bonds is 13. The number of para-hydroxylation sites is 1. The average Bonchev–Trinajstić information content (AvgIpc) is 2.77. The van der Waals surface area contributed by atoms with Gasteiger partial charge >= 0.3 is 0 Å². The van der Waals surface area contributed by atoms with Crippen molar-refractivity contribution in [2.75, 3.05) is 70.7 Å². The number of nitrogens with one attached hydrogen (secondary N) is 2. The van der Waals surface area contributed by atoms with Crippen LogP contribution in [0.5, 0.6) is 0 Å². The fourth-order valence-corrected chi connectivity index (χ4v) is 3.07. The highest BCUT2D eigenvalue weighted by Gasteiger charge is 2.14. The van der Waals surface area contributed by atoms with E-state index >= 15 is 0 Å². The van der Waals surface area contributed by atoms with E-state index in [-0.39, 0.29) is 0 Å². The number of guanidine groups is 1. The predicted octanol–water partition coefficient (Wildman–Crippen LogP) is 2.41. The van der Waals surface area contributed by atoms with Crippen LogP contribution in [0.2, 0.25) is 0 Å². The molecule has 1 aromatic rings. The molecule has 29 heavy (non-hydrogen) atoms. The summed E-state index contributed by atoms with van der Waals surface area (Å²) in [4.78, 5) is 7.14. The molecule has 7 heteroatoms. The fourth-order valence-electron chi connectivity index (χ4n) is 3.07. The molecule has 0 bridgehead atoms. The zero-order chi connectivity index (χ0) is 20.6. The van der Waals surface area contributed by atoms with Gasteiger partial charge < -0.3 is 29.7 Å². The first-order chi connectivity index (χ1) is 14.3. The molecule has 2 N–H and O–H groups in total. The molecule has 164 valence electrons. The van der Waals surface area contributed by atoms with Crippen LogP contribution in [0.1, 0.15) is 32.3 Å². The predicted molar refractivity (Wildman–Crippen MR) is 119 cm³/mol. The van der Waals surface area contributed by atoms with E-state index in [1.165, 1.54) is 11.3 Å². The summed E-state index contributed by atoms with van der Waals surface area (Å²) in [7, 11) is 0. The lowest BCUT2D eigenvalue weighted by molar-refractivity contribution is 0.0487. The average molecular weight is 407 g/mol. The minimum absolute atomic E-state index is 0.631. The van der Waals surface area contributed by atoms with Crippen molar-refractivity contribution in [3.05, 3.63) is 29.8 Å². The Labute approximate surface area is 175 Å². The molecule has 1 fully saturated rings. The Morgan fingerprint density at radius 3 is 2.55 bits per heavy atom. The molecule has 0 saturated carbocycles.